The highest BCUT2D eigenvalue weighted by atomic mass is 31.2. The summed E-state index contributed by atoms with van der Waals surface area (Å²) in [4.78, 5) is 24.9. The van der Waals surface area contributed by atoms with Crippen LogP contribution >= 0.6 is 7.82 Å². The van der Waals surface area contributed by atoms with E-state index in [1.165, 1.54) is 12.3 Å². The lowest BCUT2D eigenvalue weighted by Crippen LogP contribution is -1.73. The fraction of sp³-hybridized carbons (Fsp3) is 0. The van der Waals surface area contributed by atoms with Gasteiger partial charge in [-0.15, -0.1) is 0 Å². The first-order valence-electron chi connectivity index (χ1n) is 2.74. The van der Waals surface area contributed by atoms with Crippen molar-refractivity contribution in [3.8, 4) is 0 Å². The molecule has 68 valence electrons. The first-order valence-corrected chi connectivity index (χ1v) is 4.31. The molecule has 1 aromatic rings. The van der Waals surface area contributed by atoms with Crippen LogP contribution in [0, 0.1) is 5.95 Å². The maximum Gasteiger partial charge on any atom is 0.466 e. The van der Waals surface area contributed by atoms with Gasteiger partial charge in [-0.25, -0.2) is 9.55 Å². The predicted molar refractivity (Wildman–Crippen MR) is 38.5 cm³/mol. The highest BCUT2D eigenvalue weighted by Crippen LogP contribution is 2.25. The van der Waals surface area contributed by atoms with Gasteiger partial charge in [-0.2, -0.15) is 4.39 Å². The zero-order chi connectivity index (χ0) is 9.61. The lowest BCUT2D eigenvalue weighted by Gasteiger charge is -1.82. The SMILES string of the molecule is Fc1ccccn1.O=P(O)(O)O. The van der Waals surface area contributed by atoms with Crippen LogP contribution in [-0.4, -0.2) is 19.7 Å². The van der Waals surface area contributed by atoms with Gasteiger partial charge in [0.2, 0.25) is 5.95 Å². The monoisotopic (exact) mass is 195 g/mol. The number of halogens is 1. The van der Waals surface area contributed by atoms with Crippen LogP contribution in [0.3, 0.4) is 0 Å². The Morgan fingerprint density at radius 3 is 2.00 bits per heavy atom. The minimum absolute atomic E-state index is 0.428. The molecular formula is C5H7FNO4P. The molecule has 1 rings (SSSR count). The van der Waals surface area contributed by atoms with Crippen LogP contribution in [0.25, 0.3) is 0 Å². The molecule has 3 N–H and O–H groups in total. The maximum absolute atomic E-state index is 11.8. The molecule has 0 saturated heterocycles. The van der Waals surface area contributed by atoms with Gasteiger partial charge < -0.3 is 14.7 Å². The number of aromatic nitrogens is 1. The zero-order valence-corrected chi connectivity index (χ0v) is 6.73. The van der Waals surface area contributed by atoms with Crippen molar-refractivity contribution in [3.05, 3.63) is 30.3 Å². The van der Waals surface area contributed by atoms with Crippen LogP contribution in [0.2, 0.25) is 0 Å². The second kappa shape index (κ2) is 4.95. The van der Waals surface area contributed by atoms with Crippen molar-refractivity contribution in [1.82, 2.24) is 4.98 Å². The second-order valence-electron chi connectivity index (χ2n) is 1.67. The standard InChI is InChI=1S/C5H4FN.H3O4P/c6-5-3-1-2-4-7-5;1-5(2,3)4/h1-4H;(H3,1,2,3,4). The lowest BCUT2D eigenvalue weighted by atomic mass is 10.5. The topological polar surface area (TPSA) is 90.7 Å². The van der Waals surface area contributed by atoms with Gasteiger partial charge >= 0.3 is 7.82 Å². The summed E-state index contributed by atoms with van der Waals surface area (Å²) in [5.41, 5.74) is 0. The summed E-state index contributed by atoms with van der Waals surface area (Å²) in [5, 5.41) is 0. The summed E-state index contributed by atoms with van der Waals surface area (Å²) in [6.45, 7) is 0. The molecule has 12 heavy (non-hydrogen) atoms. The van der Waals surface area contributed by atoms with E-state index in [2.05, 4.69) is 4.98 Å². The lowest BCUT2D eigenvalue weighted by molar-refractivity contribution is 0.275. The Kier molecular flexibility index (Phi) is 4.61. The second-order valence-corrected chi connectivity index (χ2v) is 2.69. The van der Waals surface area contributed by atoms with E-state index in [1.807, 2.05) is 0 Å². The smallest absolute Gasteiger partial charge is 0.303 e. The molecule has 0 aliphatic heterocycles. The van der Waals surface area contributed by atoms with E-state index in [9.17, 15) is 4.39 Å². The molecule has 0 unspecified atom stereocenters. The summed E-state index contributed by atoms with van der Waals surface area (Å²) >= 11 is 0. The van der Waals surface area contributed by atoms with Gasteiger partial charge in [0.1, 0.15) is 0 Å². The minimum atomic E-state index is -4.64. The van der Waals surface area contributed by atoms with Gasteiger partial charge in [0.05, 0.1) is 0 Å². The molecule has 7 heteroatoms. The van der Waals surface area contributed by atoms with Crippen LogP contribution in [0.1, 0.15) is 0 Å². The van der Waals surface area contributed by atoms with E-state index >= 15 is 0 Å². The zero-order valence-electron chi connectivity index (χ0n) is 5.83. The van der Waals surface area contributed by atoms with Crippen molar-refractivity contribution >= 4 is 7.82 Å². The molecule has 0 radical (unpaired) electrons. The van der Waals surface area contributed by atoms with Gasteiger partial charge in [0.15, 0.2) is 0 Å². The van der Waals surface area contributed by atoms with E-state index in [-0.39, 0.29) is 0 Å². The maximum atomic E-state index is 11.8. The van der Waals surface area contributed by atoms with Crippen molar-refractivity contribution in [2.75, 3.05) is 0 Å². The number of hydrogen-bond donors (Lipinski definition) is 3. The van der Waals surface area contributed by atoms with Crippen LogP contribution in [0.5, 0.6) is 0 Å². The molecule has 1 heterocycles. The van der Waals surface area contributed by atoms with Gasteiger partial charge in [0.25, 0.3) is 0 Å². The van der Waals surface area contributed by atoms with Gasteiger partial charge in [-0.05, 0) is 12.1 Å². The summed E-state index contributed by atoms with van der Waals surface area (Å²) in [7, 11) is -4.64. The Labute approximate surface area is 67.8 Å². The molecule has 0 aliphatic rings. The number of nitrogens with zero attached hydrogens (tertiary/aromatic N) is 1. The first kappa shape index (κ1) is 11.2. The average Bonchev–Trinajstić information content (AvgIpc) is 1.85. The number of pyridine rings is 1. The van der Waals surface area contributed by atoms with E-state index < -0.39 is 13.8 Å². The quantitative estimate of drug-likeness (QED) is 0.409. The summed E-state index contributed by atoms with van der Waals surface area (Å²) in [6, 6.07) is 4.57. The molecular weight excluding hydrogens is 188 g/mol. The molecule has 0 aliphatic carbocycles. The molecule has 0 atom stereocenters. The van der Waals surface area contributed by atoms with Gasteiger partial charge in [0, 0.05) is 6.20 Å². The van der Waals surface area contributed by atoms with E-state index in [1.54, 1.807) is 12.1 Å². The Morgan fingerprint density at radius 1 is 1.33 bits per heavy atom. The summed E-state index contributed by atoms with van der Waals surface area (Å²) in [6.07, 6.45) is 1.41. The van der Waals surface area contributed by atoms with Crippen molar-refractivity contribution < 1.29 is 23.6 Å². The Morgan fingerprint density at radius 2 is 1.83 bits per heavy atom. The van der Waals surface area contributed by atoms with Crippen molar-refractivity contribution in [2.24, 2.45) is 0 Å². The minimum Gasteiger partial charge on any atom is -0.303 e. The highest BCUT2D eigenvalue weighted by molar-refractivity contribution is 7.45. The van der Waals surface area contributed by atoms with Crippen molar-refractivity contribution in [1.29, 1.82) is 0 Å². The van der Waals surface area contributed by atoms with E-state index in [0.29, 0.717) is 0 Å². The fourth-order valence-electron chi connectivity index (χ4n) is 0.342. The Balaban J connectivity index is 0.000000217. The van der Waals surface area contributed by atoms with Gasteiger partial charge in [-0.1, -0.05) is 6.07 Å². The molecule has 1 aromatic heterocycles. The van der Waals surface area contributed by atoms with E-state index in [4.69, 9.17) is 19.2 Å². The van der Waals surface area contributed by atoms with Gasteiger partial charge in [-0.3, -0.25) is 0 Å². The van der Waals surface area contributed by atoms with E-state index in [0.717, 1.165) is 0 Å². The molecule has 0 fully saturated rings. The molecule has 0 spiro atoms. The van der Waals surface area contributed by atoms with Crippen LogP contribution in [0.4, 0.5) is 4.39 Å². The van der Waals surface area contributed by atoms with Crippen LogP contribution in [-0.2, 0) is 4.57 Å². The Bertz CT molecular complexity index is 253. The van der Waals surface area contributed by atoms with Crippen molar-refractivity contribution in [3.63, 3.8) is 0 Å². The fourth-order valence-corrected chi connectivity index (χ4v) is 0.342. The predicted octanol–water partition coefficient (Wildman–Crippen LogP) is 0.292. The van der Waals surface area contributed by atoms with Crippen LogP contribution < -0.4 is 0 Å². The molecule has 0 saturated carbocycles. The average molecular weight is 195 g/mol. The molecule has 0 amide bonds. The molecule has 0 aromatic carbocycles. The number of rotatable bonds is 0. The number of phosphoric acid groups is 1. The summed E-state index contributed by atoms with van der Waals surface area (Å²) in [5.74, 6) is -0.428. The van der Waals surface area contributed by atoms with Crippen LogP contribution in [0.15, 0.2) is 24.4 Å². The normalized spacial score (nSPS) is 10.0. The number of hydrogen-bond acceptors (Lipinski definition) is 2. The third kappa shape index (κ3) is 11.9. The molecule has 0 bridgehead atoms. The third-order valence-electron chi connectivity index (χ3n) is 0.629. The third-order valence-corrected chi connectivity index (χ3v) is 0.629. The Hall–Kier alpha value is -0.810. The highest BCUT2D eigenvalue weighted by Gasteiger charge is 2.00. The van der Waals surface area contributed by atoms with Crippen molar-refractivity contribution in [2.45, 2.75) is 0 Å². The largest absolute Gasteiger partial charge is 0.466 e. The molecule has 5 nitrogen and oxygen atoms in total. The first-order chi connectivity index (χ1) is 5.39. The summed E-state index contributed by atoms with van der Waals surface area (Å²) < 4.78 is 20.7.